The summed E-state index contributed by atoms with van der Waals surface area (Å²) in [4.78, 5) is 15.2. The molecule has 0 saturated heterocycles. The Morgan fingerprint density at radius 1 is 1.03 bits per heavy atom. The third-order valence-electron chi connectivity index (χ3n) is 5.72. The standard InChI is InChI=1S/C27H28N2O4/c1-18-10-12-19(13-11-18)17-33-26-20(6-5-9-25(26)32-2)15-29-24(27(30)31)14-21-16-28-23-8-4-3-7-22(21)23/h3-13,16,24,28-29H,14-15,17H2,1-2H3,(H,30,31)/t24-/m0/s1. The summed E-state index contributed by atoms with van der Waals surface area (Å²) in [5.41, 5.74) is 5.04. The van der Waals surface area contributed by atoms with E-state index in [2.05, 4.69) is 10.3 Å². The van der Waals surface area contributed by atoms with Crippen molar-refractivity contribution in [2.45, 2.75) is 32.5 Å². The number of rotatable bonds is 10. The van der Waals surface area contributed by atoms with E-state index in [0.717, 1.165) is 27.6 Å². The highest BCUT2D eigenvalue weighted by Gasteiger charge is 2.20. The number of fused-ring (bicyclic) bond motifs is 1. The molecule has 0 amide bonds. The van der Waals surface area contributed by atoms with Crippen molar-refractivity contribution in [3.05, 3.63) is 95.2 Å². The molecule has 1 aromatic heterocycles. The van der Waals surface area contributed by atoms with Crippen LogP contribution in [-0.4, -0.2) is 29.2 Å². The Morgan fingerprint density at radius 2 is 1.82 bits per heavy atom. The van der Waals surface area contributed by atoms with Gasteiger partial charge in [0, 0.05) is 35.6 Å². The first-order valence-corrected chi connectivity index (χ1v) is 10.9. The molecule has 3 aromatic carbocycles. The molecule has 1 atom stereocenters. The number of H-pyrrole nitrogens is 1. The van der Waals surface area contributed by atoms with Crippen LogP contribution in [0.25, 0.3) is 10.9 Å². The molecule has 3 N–H and O–H groups in total. The highest BCUT2D eigenvalue weighted by Crippen LogP contribution is 2.32. The third kappa shape index (κ3) is 5.35. The number of para-hydroxylation sites is 2. The first-order chi connectivity index (χ1) is 16.0. The van der Waals surface area contributed by atoms with Crippen molar-refractivity contribution in [2.75, 3.05) is 7.11 Å². The van der Waals surface area contributed by atoms with Crippen molar-refractivity contribution in [1.29, 1.82) is 0 Å². The van der Waals surface area contributed by atoms with Gasteiger partial charge in [0.05, 0.1) is 7.11 Å². The molecule has 170 valence electrons. The van der Waals surface area contributed by atoms with E-state index < -0.39 is 12.0 Å². The van der Waals surface area contributed by atoms with E-state index >= 15 is 0 Å². The molecule has 0 aliphatic heterocycles. The number of carboxylic acid groups (broad SMARTS) is 1. The molecule has 0 saturated carbocycles. The molecule has 4 aromatic rings. The normalized spacial score (nSPS) is 11.9. The minimum absolute atomic E-state index is 0.333. The van der Waals surface area contributed by atoms with Crippen LogP contribution in [0.5, 0.6) is 11.5 Å². The van der Waals surface area contributed by atoms with E-state index in [-0.39, 0.29) is 0 Å². The summed E-state index contributed by atoms with van der Waals surface area (Å²) < 4.78 is 11.6. The average Bonchev–Trinajstić information content (AvgIpc) is 3.24. The Kier molecular flexibility index (Phi) is 6.95. The van der Waals surface area contributed by atoms with E-state index in [1.54, 1.807) is 7.11 Å². The zero-order valence-corrected chi connectivity index (χ0v) is 18.8. The van der Waals surface area contributed by atoms with Crippen molar-refractivity contribution in [1.82, 2.24) is 10.3 Å². The molecule has 0 aliphatic rings. The minimum Gasteiger partial charge on any atom is -0.493 e. The maximum absolute atomic E-state index is 12.0. The van der Waals surface area contributed by atoms with Crippen LogP contribution in [0.4, 0.5) is 0 Å². The van der Waals surface area contributed by atoms with Gasteiger partial charge in [0.15, 0.2) is 11.5 Å². The molecule has 33 heavy (non-hydrogen) atoms. The second kappa shape index (κ2) is 10.2. The molecule has 0 bridgehead atoms. The van der Waals surface area contributed by atoms with E-state index in [1.807, 2.05) is 79.9 Å². The Balaban J connectivity index is 1.49. The molecule has 0 fully saturated rings. The van der Waals surface area contributed by atoms with E-state index in [1.165, 1.54) is 5.56 Å². The summed E-state index contributed by atoms with van der Waals surface area (Å²) >= 11 is 0. The van der Waals surface area contributed by atoms with Crippen molar-refractivity contribution < 1.29 is 19.4 Å². The fourth-order valence-electron chi connectivity index (χ4n) is 3.87. The van der Waals surface area contributed by atoms with Crippen molar-refractivity contribution in [3.63, 3.8) is 0 Å². The van der Waals surface area contributed by atoms with E-state index in [9.17, 15) is 9.90 Å². The summed E-state index contributed by atoms with van der Waals surface area (Å²) in [6.45, 7) is 2.77. The number of benzene rings is 3. The largest absolute Gasteiger partial charge is 0.493 e. The predicted octanol–water partition coefficient (Wildman–Crippen LogP) is 4.85. The number of aromatic amines is 1. The van der Waals surface area contributed by atoms with Crippen LogP contribution in [0, 0.1) is 6.92 Å². The number of carbonyl (C=O) groups is 1. The van der Waals surface area contributed by atoms with Crippen LogP contribution in [0.2, 0.25) is 0 Å². The molecule has 6 nitrogen and oxygen atoms in total. The van der Waals surface area contributed by atoms with Crippen LogP contribution in [0.3, 0.4) is 0 Å². The van der Waals surface area contributed by atoms with Gasteiger partial charge in [-0.3, -0.25) is 10.1 Å². The van der Waals surface area contributed by atoms with Crippen LogP contribution in [0.1, 0.15) is 22.3 Å². The number of hydrogen-bond donors (Lipinski definition) is 3. The van der Waals surface area contributed by atoms with Crippen molar-refractivity contribution >= 4 is 16.9 Å². The van der Waals surface area contributed by atoms with Gasteiger partial charge in [-0.25, -0.2) is 0 Å². The van der Waals surface area contributed by atoms with Gasteiger partial charge in [-0.05, 0) is 30.2 Å². The van der Waals surface area contributed by atoms with Crippen LogP contribution < -0.4 is 14.8 Å². The van der Waals surface area contributed by atoms with Gasteiger partial charge in [0.2, 0.25) is 0 Å². The number of methoxy groups -OCH3 is 1. The summed E-state index contributed by atoms with van der Waals surface area (Å²) in [7, 11) is 1.60. The maximum Gasteiger partial charge on any atom is 0.321 e. The fraction of sp³-hybridized carbons (Fsp3) is 0.222. The number of aryl methyl sites for hydroxylation is 1. The SMILES string of the molecule is COc1cccc(CN[C@@H](Cc2c[nH]c3ccccc23)C(=O)O)c1OCc1ccc(C)cc1. The van der Waals surface area contributed by atoms with Crippen molar-refractivity contribution in [3.8, 4) is 11.5 Å². The zero-order valence-electron chi connectivity index (χ0n) is 18.8. The van der Waals surface area contributed by atoms with Gasteiger partial charge < -0.3 is 19.6 Å². The lowest BCUT2D eigenvalue weighted by atomic mass is 10.0. The van der Waals surface area contributed by atoms with Gasteiger partial charge in [0.1, 0.15) is 12.6 Å². The van der Waals surface area contributed by atoms with E-state index in [4.69, 9.17) is 9.47 Å². The van der Waals surface area contributed by atoms with Crippen LogP contribution >= 0.6 is 0 Å². The average molecular weight is 445 g/mol. The molecular weight excluding hydrogens is 416 g/mol. The minimum atomic E-state index is -0.898. The highest BCUT2D eigenvalue weighted by atomic mass is 16.5. The zero-order chi connectivity index (χ0) is 23.2. The van der Waals surface area contributed by atoms with Gasteiger partial charge in [0.25, 0.3) is 0 Å². The monoisotopic (exact) mass is 444 g/mol. The van der Waals surface area contributed by atoms with Gasteiger partial charge in [-0.1, -0.05) is 60.2 Å². The van der Waals surface area contributed by atoms with Crippen molar-refractivity contribution in [2.24, 2.45) is 0 Å². The number of carboxylic acids is 1. The predicted molar refractivity (Wildman–Crippen MR) is 129 cm³/mol. The highest BCUT2D eigenvalue weighted by molar-refractivity contribution is 5.84. The fourth-order valence-corrected chi connectivity index (χ4v) is 3.87. The van der Waals surface area contributed by atoms with E-state index in [0.29, 0.717) is 31.1 Å². The second-order valence-electron chi connectivity index (χ2n) is 8.06. The molecule has 6 heteroatoms. The first-order valence-electron chi connectivity index (χ1n) is 10.9. The first kappa shape index (κ1) is 22.4. The molecule has 0 aliphatic carbocycles. The molecule has 1 heterocycles. The molecule has 0 unspecified atom stereocenters. The second-order valence-corrected chi connectivity index (χ2v) is 8.06. The lowest BCUT2D eigenvalue weighted by Crippen LogP contribution is -2.38. The smallest absolute Gasteiger partial charge is 0.321 e. The van der Waals surface area contributed by atoms with Gasteiger partial charge in [-0.2, -0.15) is 0 Å². The van der Waals surface area contributed by atoms with Crippen LogP contribution in [-0.2, 0) is 24.4 Å². The molecule has 0 spiro atoms. The quantitative estimate of drug-likeness (QED) is 0.326. The Hall–Kier alpha value is -3.77. The number of aromatic nitrogens is 1. The molecule has 0 radical (unpaired) electrons. The Bertz CT molecular complexity index is 1230. The third-order valence-corrected chi connectivity index (χ3v) is 5.72. The topological polar surface area (TPSA) is 83.6 Å². The number of hydrogen-bond acceptors (Lipinski definition) is 4. The lowest BCUT2D eigenvalue weighted by Gasteiger charge is -2.18. The van der Waals surface area contributed by atoms with Gasteiger partial charge in [-0.15, -0.1) is 0 Å². The summed E-state index contributed by atoms with van der Waals surface area (Å²) in [5, 5.41) is 14.1. The molecular formula is C27H28N2O4. The van der Waals surface area contributed by atoms with Gasteiger partial charge >= 0.3 is 5.97 Å². The van der Waals surface area contributed by atoms with Crippen LogP contribution in [0.15, 0.2) is 72.9 Å². The summed E-state index contributed by atoms with van der Waals surface area (Å²) in [6.07, 6.45) is 2.24. The lowest BCUT2D eigenvalue weighted by molar-refractivity contribution is -0.139. The number of aliphatic carboxylic acids is 1. The number of nitrogens with one attached hydrogen (secondary N) is 2. The maximum atomic E-state index is 12.0. The number of ether oxygens (including phenoxy) is 2. The Labute approximate surface area is 193 Å². The summed E-state index contributed by atoms with van der Waals surface area (Å²) in [5.74, 6) is 0.333. The Morgan fingerprint density at radius 3 is 2.58 bits per heavy atom. The molecule has 4 rings (SSSR count). The summed E-state index contributed by atoms with van der Waals surface area (Å²) in [6, 6.07) is 20.9.